The number of hydrogen-bond acceptors (Lipinski definition) is 2. The maximum atomic E-state index is 5.61. The van der Waals surface area contributed by atoms with Gasteiger partial charge in [0, 0.05) is 0 Å². The lowest BCUT2D eigenvalue weighted by molar-refractivity contribution is 0.488. The van der Waals surface area contributed by atoms with Gasteiger partial charge in [-0.1, -0.05) is 52.4 Å². The number of hydrogen-bond donors (Lipinski definition) is 0. The van der Waals surface area contributed by atoms with Crippen LogP contribution in [0.4, 0.5) is 0 Å². The summed E-state index contributed by atoms with van der Waals surface area (Å²) in [7, 11) is 0.0720. The highest BCUT2D eigenvalue weighted by atomic mass is 28.3. The van der Waals surface area contributed by atoms with Crippen LogP contribution >= 0.6 is 0 Å². The van der Waals surface area contributed by atoms with Crippen LogP contribution < -0.4 is 0 Å². The molecule has 0 saturated carbocycles. The van der Waals surface area contributed by atoms with Crippen LogP contribution in [0, 0.1) is 0 Å². The monoisotopic (exact) mass is 250 g/mol. The third-order valence-electron chi connectivity index (χ3n) is 2.40. The molecule has 0 aliphatic heterocycles. The van der Waals surface area contributed by atoms with Crippen LogP contribution in [0.15, 0.2) is 0 Å². The molecule has 0 N–H and O–H groups in total. The molecule has 1 atom stereocenters. The van der Waals surface area contributed by atoms with Crippen LogP contribution in [0.3, 0.4) is 0 Å². The zero-order valence-electron chi connectivity index (χ0n) is 10.1. The first-order chi connectivity index (χ1) is 6.81. The van der Waals surface area contributed by atoms with Crippen LogP contribution in [-0.4, -0.2) is 30.3 Å². The Balaban J connectivity index is 3.06. The first kappa shape index (κ1) is 14.6. The lowest BCUT2D eigenvalue weighted by Crippen LogP contribution is -2.10. The maximum Gasteiger partial charge on any atom is 0.282 e. The average Bonchev–Trinajstić information content (AvgIpc) is 2.18. The van der Waals surface area contributed by atoms with Gasteiger partial charge in [-0.25, -0.2) is 0 Å². The highest BCUT2D eigenvalue weighted by Gasteiger charge is 2.02. The predicted octanol–water partition coefficient (Wildman–Crippen LogP) is 0.552. The van der Waals surface area contributed by atoms with Gasteiger partial charge in [0.1, 0.15) is 10.5 Å². The van der Waals surface area contributed by atoms with Crippen LogP contribution in [-0.2, 0) is 8.23 Å². The molecule has 86 valence electrons. The second kappa shape index (κ2) is 11.6. The van der Waals surface area contributed by atoms with Crippen LogP contribution in [0.2, 0.25) is 5.54 Å². The normalized spacial score (nSPS) is 15.0. The molecule has 0 aromatic carbocycles. The average molecular weight is 251 g/mol. The van der Waals surface area contributed by atoms with Gasteiger partial charge in [-0.2, -0.15) is 0 Å². The summed E-state index contributed by atoms with van der Waals surface area (Å²) in [4.78, 5) is 0. The summed E-state index contributed by atoms with van der Waals surface area (Å²) in [6.45, 7) is 4.61. The van der Waals surface area contributed by atoms with Crippen molar-refractivity contribution in [2.45, 2.75) is 57.9 Å². The first-order valence-corrected chi connectivity index (χ1v) is 9.24. The molecule has 1 unspecified atom stereocenters. The van der Waals surface area contributed by atoms with Crippen molar-refractivity contribution in [1.82, 2.24) is 0 Å². The Kier molecular flexibility index (Phi) is 12.1. The molecule has 0 heterocycles. The van der Waals surface area contributed by atoms with E-state index < -0.39 is 10.0 Å². The van der Waals surface area contributed by atoms with Crippen molar-refractivity contribution in [1.29, 1.82) is 0 Å². The molecule has 0 amide bonds. The second-order valence-corrected chi connectivity index (χ2v) is 9.99. The molecule has 0 bridgehead atoms. The van der Waals surface area contributed by atoms with Crippen molar-refractivity contribution in [3.05, 3.63) is 0 Å². The summed E-state index contributed by atoms with van der Waals surface area (Å²) in [6.07, 6.45) is 8.37. The quantitative estimate of drug-likeness (QED) is 0.416. The minimum absolute atomic E-state index is 0.256. The third kappa shape index (κ3) is 10.7. The van der Waals surface area contributed by atoms with Crippen molar-refractivity contribution in [2.24, 2.45) is 0 Å². The van der Waals surface area contributed by atoms with E-state index in [4.69, 9.17) is 8.23 Å². The first-order valence-electron chi connectivity index (χ1n) is 5.88. The van der Waals surface area contributed by atoms with E-state index in [1.54, 1.807) is 0 Å². The molecule has 0 aromatic heterocycles. The number of rotatable bonds is 10. The summed E-state index contributed by atoms with van der Waals surface area (Å²) in [5.74, 6) is 0. The highest BCUT2D eigenvalue weighted by Crippen LogP contribution is 2.14. The van der Waals surface area contributed by atoms with E-state index in [9.17, 15) is 0 Å². The van der Waals surface area contributed by atoms with Crippen molar-refractivity contribution >= 4 is 30.3 Å². The van der Waals surface area contributed by atoms with E-state index in [-0.39, 0.29) is 9.76 Å². The van der Waals surface area contributed by atoms with Crippen LogP contribution in [0.25, 0.3) is 0 Å². The molecule has 0 aliphatic rings. The Labute approximate surface area is 96.7 Å². The lowest BCUT2D eigenvalue weighted by atomic mass is 10.1. The Morgan fingerprint density at radius 2 is 1.93 bits per heavy atom. The van der Waals surface area contributed by atoms with E-state index in [0.717, 1.165) is 16.0 Å². The van der Waals surface area contributed by atoms with Gasteiger partial charge in [0.15, 0.2) is 9.76 Å². The summed E-state index contributed by atoms with van der Waals surface area (Å²) in [5.41, 5.74) is 0.862. The van der Waals surface area contributed by atoms with Gasteiger partial charge in [-0.3, -0.25) is 0 Å². The van der Waals surface area contributed by atoms with Crippen LogP contribution in [0.1, 0.15) is 52.4 Å². The summed E-state index contributed by atoms with van der Waals surface area (Å²) in [5, 5.41) is 0. The van der Waals surface area contributed by atoms with Crippen molar-refractivity contribution in [2.75, 3.05) is 0 Å². The van der Waals surface area contributed by atoms with E-state index >= 15 is 0 Å². The van der Waals surface area contributed by atoms with E-state index in [0.29, 0.717) is 0 Å². The van der Waals surface area contributed by atoms with Gasteiger partial charge in [0.05, 0.1) is 0 Å². The largest absolute Gasteiger partial charge is 0.449 e. The summed E-state index contributed by atoms with van der Waals surface area (Å²) >= 11 is 0. The molecule has 0 aromatic rings. The lowest BCUT2D eigenvalue weighted by Gasteiger charge is -2.10. The SMILES string of the molecule is CCCCCCCC(C)[SiH2]O[SiH2]O[SiH3]. The predicted molar refractivity (Wildman–Crippen MR) is 72.0 cm³/mol. The topological polar surface area (TPSA) is 18.5 Å². The summed E-state index contributed by atoms with van der Waals surface area (Å²) in [6, 6.07) is 0. The van der Waals surface area contributed by atoms with Gasteiger partial charge < -0.3 is 8.23 Å². The van der Waals surface area contributed by atoms with Crippen LogP contribution in [0.5, 0.6) is 0 Å². The minimum Gasteiger partial charge on any atom is -0.449 e. The fraction of sp³-hybridized carbons (Fsp3) is 1.00. The van der Waals surface area contributed by atoms with E-state index in [1.807, 2.05) is 0 Å². The molecule has 0 radical (unpaired) electrons. The van der Waals surface area contributed by atoms with Crippen molar-refractivity contribution in [3.63, 3.8) is 0 Å². The second-order valence-electron chi connectivity index (χ2n) is 4.09. The van der Waals surface area contributed by atoms with Gasteiger partial charge in [-0.15, -0.1) is 0 Å². The fourth-order valence-corrected chi connectivity index (χ4v) is 6.13. The molecule has 0 aliphatic carbocycles. The standard InChI is InChI=1S/C9H26O2Si3/c1-3-4-5-6-7-8-9(2)13-11-14-10-12/h9H,3-8,13-14H2,1-2,12H3. The van der Waals surface area contributed by atoms with Gasteiger partial charge in [-0.05, 0) is 5.54 Å². The molecule has 14 heavy (non-hydrogen) atoms. The molecule has 0 saturated heterocycles. The van der Waals surface area contributed by atoms with Gasteiger partial charge in [0.2, 0.25) is 0 Å². The Hall–Kier alpha value is 0.571. The zero-order chi connectivity index (χ0) is 10.6. The van der Waals surface area contributed by atoms with Crippen molar-refractivity contribution in [3.8, 4) is 0 Å². The Morgan fingerprint density at radius 1 is 1.21 bits per heavy atom. The van der Waals surface area contributed by atoms with Gasteiger partial charge >= 0.3 is 0 Å². The van der Waals surface area contributed by atoms with Gasteiger partial charge in [0.25, 0.3) is 10.0 Å². The minimum atomic E-state index is -0.534. The Morgan fingerprint density at radius 3 is 2.57 bits per heavy atom. The molecule has 2 nitrogen and oxygen atoms in total. The van der Waals surface area contributed by atoms with E-state index in [2.05, 4.69) is 13.8 Å². The molecule has 5 heteroatoms. The fourth-order valence-electron chi connectivity index (χ4n) is 1.51. The number of unbranched alkanes of at least 4 members (excludes halogenated alkanes) is 4. The van der Waals surface area contributed by atoms with E-state index in [1.165, 1.54) is 38.5 Å². The highest BCUT2D eigenvalue weighted by molar-refractivity contribution is 6.42. The third-order valence-corrected chi connectivity index (χ3v) is 5.93. The molecule has 0 rings (SSSR count). The van der Waals surface area contributed by atoms with Crippen molar-refractivity contribution < 1.29 is 8.23 Å². The molecular weight excluding hydrogens is 224 g/mol. The zero-order valence-corrected chi connectivity index (χ0v) is 14.9. The maximum absolute atomic E-state index is 5.61. The molecular formula is C9H26O2Si3. The summed E-state index contributed by atoms with van der Waals surface area (Å²) < 4.78 is 10.8. The molecule has 0 fully saturated rings. The molecule has 0 spiro atoms. The Bertz CT molecular complexity index is 114. The smallest absolute Gasteiger partial charge is 0.282 e.